The molecule has 0 radical (unpaired) electrons. The number of nitrogens with one attached hydrogen (secondary N) is 1. The fraction of sp³-hybridized carbons (Fsp3) is 0.923. The predicted molar refractivity (Wildman–Crippen MR) is 61.8 cm³/mol. The SMILES string of the molecule is CC1(C(=O)C2CCCCCC2)CCNC1. The molecule has 15 heavy (non-hydrogen) atoms. The number of rotatable bonds is 2. The lowest BCUT2D eigenvalue weighted by Gasteiger charge is -2.26. The molecule has 0 bridgehead atoms. The molecule has 1 heterocycles. The van der Waals surface area contributed by atoms with Gasteiger partial charge < -0.3 is 5.32 Å². The first-order valence-electron chi connectivity index (χ1n) is 6.47. The molecule has 1 aliphatic heterocycles. The van der Waals surface area contributed by atoms with Crippen molar-refractivity contribution in [3.05, 3.63) is 0 Å². The maximum absolute atomic E-state index is 12.4. The summed E-state index contributed by atoms with van der Waals surface area (Å²) in [6.07, 6.45) is 8.53. The average molecular weight is 209 g/mol. The van der Waals surface area contributed by atoms with Crippen LogP contribution in [-0.4, -0.2) is 18.9 Å². The molecule has 0 spiro atoms. The minimum Gasteiger partial charge on any atom is -0.316 e. The molecule has 2 fully saturated rings. The van der Waals surface area contributed by atoms with E-state index in [1.54, 1.807) is 0 Å². The van der Waals surface area contributed by atoms with Gasteiger partial charge in [0, 0.05) is 17.9 Å². The first kappa shape index (κ1) is 11.1. The summed E-state index contributed by atoms with van der Waals surface area (Å²) >= 11 is 0. The van der Waals surface area contributed by atoms with Crippen LogP contribution in [0.2, 0.25) is 0 Å². The van der Waals surface area contributed by atoms with E-state index >= 15 is 0 Å². The van der Waals surface area contributed by atoms with Crippen molar-refractivity contribution in [2.24, 2.45) is 11.3 Å². The van der Waals surface area contributed by atoms with Crippen molar-refractivity contribution in [2.75, 3.05) is 13.1 Å². The van der Waals surface area contributed by atoms with Crippen molar-refractivity contribution in [1.29, 1.82) is 0 Å². The Morgan fingerprint density at radius 3 is 2.40 bits per heavy atom. The van der Waals surface area contributed by atoms with Gasteiger partial charge in [0.05, 0.1) is 0 Å². The molecular formula is C13H23NO. The van der Waals surface area contributed by atoms with Crippen LogP contribution in [0.5, 0.6) is 0 Å². The fourth-order valence-electron chi connectivity index (χ4n) is 3.06. The predicted octanol–water partition coefficient (Wildman–Crippen LogP) is 2.53. The number of hydrogen-bond donors (Lipinski definition) is 1. The zero-order valence-electron chi connectivity index (χ0n) is 9.85. The van der Waals surface area contributed by atoms with Crippen LogP contribution >= 0.6 is 0 Å². The van der Waals surface area contributed by atoms with Crippen LogP contribution in [0.25, 0.3) is 0 Å². The van der Waals surface area contributed by atoms with Gasteiger partial charge in [-0.2, -0.15) is 0 Å². The van der Waals surface area contributed by atoms with E-state index in [4.69, 9.17) is 0 Å². The van der Waals surface area contributed by atoms with Gasteiger partial charge in [0.1, 0.15) is 5.78 Å². The van der Waals surface area contributed by atoms with Gasteiger partial charge in [-0.25, -0.2) is 0 Å². The summed E-state index contributed by atoms with van der Waals surface area (Å²) < 4.78 is 0. The number of Topliss-reactive ketones (excluding diaryl/α,β-unsaturated/α-hetero) is 1. The number of carbonyl (C=O) groups is 1. The van der Waals surface area contributed by atoms with Crippen LogP contribution in [0.4, 0.5) is 0 Å². The molecule has 0 aromatic carbocycles. The minimum absolute atomic E-state index is 0.0466. The first-order valence-corrected chi connectivity index (χ1v) is 6.47. The number of hydrogen-bond acceptors (Lipinski definition) is 2. The highest BCUT2D eigenvalue weighted by Crippen LogP contribution is 2.34. The van der Waals surface area contributed by atoms with Crippen molar-refractivity contribution in [3.63, 3.8) is 0 Å². The average Bonchev–Trinajstić information content (AvgIpc) is 2.54. The molecule has 2 aliphatic rings. The van der Waals surface area contributed by atoms with Crippen molar-refractivity contribution in [2.45, 2.75) is 51.9 Å². The van der Waals surface area contributed by atoms with Crippen LogP contribution in [0.15, 0.2) is 0 Å². The van der Waals surface area contributed by atoms with Gasteiger partial charge in [0.2, 0.25) is 0 Å². The van der Waals surface area contributed by atoms with Gasteiger partial charge in [0.25, 0.3) is 0 Å². The van der Waals surface area contributed by atoms with E-state index in [1.165, 1.54) is 25.7 Å². The second kappa shape index (κ2) is 4.65. The van der Waals surface area contributed by atoms with Gasteiger partial charge in [-0.3, -0.25) is 4.79 Å². The number of carbonyl (C=O) groups excluding carboxylic acids is 1. The zero-order chi connectivity index (χ0) is 10.7. The molecule has 2 rings (SSSR count). The van der Waals surface area contributed by atoms with Crippen molar-refractivity contribution in [1.82, 2.24) is 5.32 Å². The highest BCUT2D eigenvalue weighted by molar-refractivity contribution is 5.87. The van der Waals surface area contributed by atoms with Crippen molar-refractivity contribution < 1.29 is 4.79 Å². The largest absolute Gasteiger partial charge is 0.316 e. The molecule has 1 saturated carbocycles. The van der Waals surface area contributed by atoms with Crippen LogP contribution in [0.3, 0.4) is 0 Å². The van der Waals surface area contributed by atoms with Crippen molar-refractivity contribution >= 4 is 5.78 Å². The normalized spacial score (nSPS) is 33.9. The Morgan fingerprint density at radius 2 is 1.87 bits per heavy atom. The molecule has 0 amide bonds. The van der Waals surface area contributed by atoms with E-state index in [0.29, 0.717) is 11.7 Å². The molecule has 2 heteroatoms. The van der Waals surface area contributed by atoms with Crippen LogP contribution in [-0.2, 0) is 4.79 Å². The lowest BCUT2D eigenvalue weighted by Crippen LogP contribution is -2.35. The van der Waals surface area contributed by atoms with Gasteiger partial charge in [-0.1, -0.05) is 32.6 Å². The summed E-state index contributed by atoms with van der Waals surface area (Å²) in [7, 11) is 0. The maximum Gasteiger partial charge on any atom is 0.143 e. The zero-order valence-corrected chi connectivity index (χ0v) is 9.85. The van der Waals surface area contributed by atoms with Crippen LogP contribution in [0.1, 0.15) is 51.9 Å². The van der Waals surface area contributed by atoms with Crippen LogP contribution < -0.4 is 5.32 Å². The number of ketones is 1. The third kappa shape index (κ3) is 2.41. The Bertz CT molecular complexity index is 223. The Kier molecular flexibility index (Phi) is 3.45. The summed E-state index contributed by atoms with van der Waals surface area (Å²) in [5, 5.41) is 3.33. The molecule has 1 N–H and O–H groups in total. The Hall–Kier alpha value is -0.370. The standard InChI is InChI=1S/C13H23NO/c1-13(8-9-14-10-13)12(15)11-6-4-2-3-5-7-11/h11,14H,2-10H2,1H3. The summed E-state index contributed by atoms with van der Waals surface area (Å²) in [5.74, 6) is 0.923. The Morgan fingerprint density at radius 1 is 1.20 bits per heavy atom. The summed E-state index contributed by atoms with van der Waals surface area (Å²) in [5.41, 5.74) is -0.0466. The lowest BCUT2D eigenvalue weighted by atomic mass is 9.76. The van der Waals surface area contributed by atoms with Gasteiger partial charge in [-0.15, -0.1) is 0 Å². The topological polar surface area (TPSA) is 29.1 Å². The molecule has 1 atom stereocenters. The molecule has 0 aromatic heterocycles. The summed E-state index contributed by atoms with van der Waals surface area (Å²) in [4.78, 5) is 12.4. The molecular weight excluding hydrogens is 186 g/mol. The van der Waals surface area contributed by atoms with E-state index in [2.05, 4.69) is 12.2 Å². The molecule has 1 aliphatic carbocycles. The van der Waals surface area contributed by atoms with E-state index in [0.717, 1.165) is 32.4 Å². The first-order chi connectivity index (χ1) is 7.22. The molecule has 1 unspecified atom stereocenters. The Labute approximate surface area is 92.8 Å². The van der Waals surface area contributed by atoms with E-state index < -0.39 is 0 Å². The van der Waals surface area contributed by atoms with E-state index in [-0.39, 0.29) is 5.41 Å². The highest BCUT2D eigenvalue weighted by atomic mass is 16.1. The van der Waals surface area contributed by atoms with E-state index in [9.17, 15) is 4.79 Å². The second-order valence-corrected chi connectivity index (χ2v) is 5.54. The Balaban J connectivity index is 1.98. The van der Waals surface area contributed by atoms with Crippen LogP contribution in [0, 0.1) is 11.3 Å². The molecule has 0 aromatic rings. The van der Waals surface area contributed by atoms with Gasteiger partial charge in [0.15, 0.2) is 0 Å². The highest BCUT2D eigenvalue weighted by Gasteiger charge is 2.39. The quantitative estimate of drug-likeness (QED) is 0.708. The third-order valence-corrected chi connectivity index (χ3v) is 4.19. The fourth-order valence-corrected chi connectivity index (χ4v) is 3.06. The monoisotopic (exact) mass is 209 g/mol. The summed E-state index contributed by atoms with van der Waals surface area (Å²) in [6.45, 7) is 4.08. The smallest absolute Gasteiger partial charge is 0.143 e. The van der Waals surface area contributed by atoms with Crippen molar-refractivity contribution in [3.8, 4) is 0 Å². The molecule has 1 saturated heterocycles. The van der Waals surface area contributed by atoms with Gasteiger partial charge >= 0.3 is 0 Å². The molecule has 2 nitrogen and oxygen atoms in total. The minimum atomic E-state index is -0.0466. The second-order valence-electron chi connectivity index (χ2n) is 5.54. The molecule has 86 valence electrons. The lowest BCUT2D eigenvalue weighted by molar-refractivity contribution is -0.131. The maximum atomic E-state index is 12.4. The van der Waals surface area contributed by atoms with Gasteiger partial charge in [-0.05, 0) is 25.8 Å². The van der Waals surface area contributed by atoms with E-state index in [1.807, 2.05) is 0 Å². The third-order valence-electron chi connectivity index (χ3n) is 4.19. The summed E-state index contributed by atoms with van der Waals surface area (Å²) in [6, 6.07) is 0.